The summed E-state index contributed by atoms with van der Waals surface area (Å²) in [4.78, 5) is 24.9. The molecule has 2 N–H and O–H groups in total. The molecule has 0 saturated carbocycles. The second-order valence-corrected chi connectivity index (χ2v) is 4.24. The molecule has 7 nitrogen and oxygen atoms in total. The minimum Gasteiger partial charge on any atom is -0.453 e. The van der Waals surface area contributed by atoms with Gasteiger partial charge in [-0.2, -0.15) is 5.10 Å². The third-order valence-electron chi connectivity index (χ3n) is 3.00. The summed E-state index contributed by atoms with van der Waals surface area (Å²) >= 11 is 0. The van der Waals surface area contributed by atoms with E-state index in [0.29, 0.717) is 13.1 Å². The van der Waals surface area contributed by atoms with Gasteiger partial charge in [0, 0.05) is 30.8 Å². The maximum Gasteiger partial charge on any atom is 0.407 e. The second-order valence-electron chi connectivity index (χ2n) is 4.24. The van der Waals surface area contributed by atoms with Crippen LogP contribution in [0, 0.1) is 0 Å². The fourth-order valence-electron chi connectivity index (χ4n) is 1.98. The molecule has 2 amide bonds. The number of nitrogens with one attached hydrogen (secondary N) is 2. The van der Waals surface area contributed by atoms with Gasteiger partial charge in [-0.05, 0) is 6.92 Å². The molecule has 1 aliphatic rings. The molecule has 0 aromatic carbocycles. The Kier molecular flexibility index (Phi) is 3.50. The number of aromatic amines is 1. The third kappa shape index (κ3) is 2.44. The Bertz CT molecular complexity index is 457. The number of ether oxygens (including phenoxy) is 1. The lowest BCUT2D eigenvalue weighted by Gasteiger charge is -2.29. The standard InChI is InChI=1S/C11H16N4O3/c1-7(13-11(17)18-2)10(16)15-4-3-9-8(6-15)5-12-14-9/h5,7H,3-4,6H2,1-2H3,(H,12,14)(H,13,17)/t7-/m1/s1. The number of aromatic nitrogens is 2. The van der Waals surface area contributed by atoms with E-state index < -0.39 is 12.1 Å². The molecule has 0 unspecified atom stereocenters. The summed E-state index contributed by atoms with van der Waals surface area (Å²) in [6, 6.07) is -0.592. The molecule has 2 rings (SSSR count). The number of hydrogen-bond acceptors (Lipinski definition) is 4. The van der Waals surface area contributed by atoms with Crippen molar-refractivity contribution in [3.63, 3.8) is 0 Å². The van der Waals surface area contributed by atoms with Gasteiger partial charge < -0.3 is 15.0 Å². The molecule has 1 aromatic rings. The van der Waals surface area contributed by atoms with Crippen molar-refractivity contribution in [1.82, 2.24) is 20.4 Å². The third-order valence-corrected chi connectivity index (χ3v) is 3.00. The van der Waals surface area contributed by atoms with E-state index in [1.807, 2.05) is 0 Å². The van der Waals surface area contributed by atoms with Crippen LogP contribution in [-0.4, -0.2) is 46.8 Å². The molecule has 0 bridgehead atoms. The zero-order valence-electron chi connectivity index (χ0n) is 10.4. The first-order chi connectivity index (χ1) is 8.61. The summed E-state index contributed by atoms with van der Waals surface area (Å²) in [5.41, 5.74) is 2.10. The smallest absolute Gasteiger partial charge is 0.407 e. The first-order valence-corrected chi connectivity index (χ1v) is 5.76. The van der Waals surface area contributed by atoms with E-state index in [4.69, 9.17) is 0 Å². The number of amides is 2. The molecule has 1 atom stereocenters. The Balaban J connectivity index is 1.96. The lowest BCUT2D eigenvalue weighted by molar-refractivity contribution is -0.133. The van der Waals surface area contributed by atoms with Crippen molar-refractivity contribution < 1.29 is 14.3 Å². The molecule has 18 heavy (non-hydrogen) atoms. The van der Waals surface area contributed by atoms with E-state index in [0.717, 1.165) is 17.7 Å². The van der Waals surface area contributed by atoms with Crippen LogP contribution in [0.3, 0.4) is 0 Å². The molecule has 1 aliphatic heterocycles. The van der Waals surface area contributed by atoms with Gasteiger partial charge in [0.1, 0.15) is 6.04 Å². The van der Waals surface area contributed by atoms with Crippen molar-refractivity contribution >= 4 is 12.0 Å². The fourth-order valence-corrected chi connectivity index (χ4v) is 1.98. The van der Waals surface area contributed by atoms with Gasteiger partial charge in [0.15, 0.2) is 0 Å². The number of carbonyl (C=O) groups is 2. The minimum absolute atomic E-state index is 0.118. The Hall–Kier alpha value is -2.05. The zero-order chi connectivity index (χ0) is 13.1. The van der Waals surface area contributed by atoms with Crippen LogP contribution in [0.25, 0.3) is 0 Å². The van der Waals surface area contributed by atoms with Crippen molar-refractivity contribution in [2.45, 2.75) is 25.9 Å². The highest BCUT2D eigenvalue weighted by Crippen LogP contribution is 2.16. The van der Waals surface area contributed by atoms with Crippen LogP contribution in [0.2, 0.25) is 0 Å². The van der Waals surface area contributed by atoms with E-state index in [-0.39, 0.29) is 5.91 Å². The van der Waals surface area contributed by atoms with E-state index in [9.17, 15) is 9.59 Å². The molecule has 0 spiro atoms. The van der Waals surface area contributed by atoms with E-state index >= 15 is 0 Å². The molecule has 0 aliphatic carbocycles. The number of carbonyl (C=O) groups excluding carboxylic acids is 2. The monoisotopic (exact) mass is 252 g/mol. The highest BCUT2D eigenvalue weighted by Gasteiger charge is 2.26. The van der Waals surface area contributed by atoms with Gasteiger partial charge in [-0.25, -0.2) is 4.79 Å². The summed E-state index contributed by atoms with van der Waals surface area (Å²) < 4.78 is 4.47. The summed E-state index contributed by atoms with van der Waals surface area (Å²) in [6.07, 6.45) is 1.89. The van der Waals surface area contributed by atoms with E-state index in [2.05, 4.69) is 20.3 Å². The lowest BCUT2D eigenvalue weighted by Crippen LogP contribution is -2.48. The molecule has 0 radical (unpaired) electrons. The predicted molar refractivity (Wildman–Crippen MR) is 62.7 cm³/mol. The van der Waals surface area contributed by atoms with Gasteiger partial charge in [0.25, 0.3) is 0 Å². The zero-order valence-corrected chi connectivity index (χ0v) is 10.4. The molecular formula is C11H16N4O3. The Morgan fingerprint density at radius 1 is 1.61 bits per heavy atom. The van der Waals surface area contributed by atoms with Crippen LogP contribution in [0.4, 0.5) is 4.79 Å². The van der Waals surface area contributed by atoms with Crippen LogP contribution in [-0.2, 0) is 22.5 Å². The molecular weight excluding hydrogens is 236 g/mol. The Labute approximate surface area is 104 Å². The van der Waals surface area contributed by atoms with Crippen LogP contribution in [0.5, 0.6) is 0 Å². The van der Waals surface area contributed by atoms with Crippen molar-refractivity contribution in [3.05, 3.63) is 17.5 Å². The number of methoxy groups -OCH3 is 1. The number of hydrogen-bond donors (Lipinski definition) is 2. The van der Waals surface area contributed by atoms with E-state index in [1.54, 1.807) is 18.0 Å². The van der Waals surface area contributed by atoms with Crippen molar-refractivity contribution in [2.75, 3.05) is 13.7 Å². The fraction of sp³-hybridized carbons (Fsp3) is 0.545. The lowest BCUT2D eigenvalue weighted by atomic mass is 10.1. The molecule has 98 valence electrons. The number of nitrogens with zero attached hydrogens (tertiary/aromatic N) is 2. The van der Waals surface area contributed by atoms with Crippen LogP contribution in [0.15, 0.2) is 6.20 Å². The van der Waals surface area contributed by atoms with Gasteiger partial charge in [0.05, 0.1) is 13.3 Å². The quantitative estimate of drug-likeness (QED) is 0.778. The van der Waals surface area contributed by atoms with Gasteiger partial charge in [-0.3, -0.25) is 9.89 Å². The first-order valence-electron chi connectivity index (χ1n) is 5.76. The summed E-state index contributed by atoms with van der Waals surface area (Å²) in [5.74, 6) is -0.118. The van der Waals surface area contributed by atoms with Gasteiger partial charge in [0.2, 0.25) is 5.91 Å². The first kappa shape index (κ1) is 12.4. The van der Waals surface area contributed by atoms with Gasteiger partial charge >= 0.3 is 6.09 Å². The minimum atomic E-state index is -0.600. The second kappa shape index (κ2) is 5.07. The van der Waals surface area contributed by atoms with Gasteiger partial charge in [-0.1, -0.05) is 0 Å². The van der Waals surface area contributed by atoms with Crippen molar-refractivity contribution in [1.29, 1.82) is 0 Å². The molecule has 2 heterocycles. The number of rotatable bonds is 2. The Morgan fingerprint density at radius 2 is 2.39 bits per heavy atom. The van der Waals surface area contributed by atoms with Crippen molar-refractivity contribution in [2.24, 2.45) is 0 Å². The maximum atomic E-state index is 12.1. The predicted octanol–water partition coefficient (Wildman–Crippen LogP) is 0.0389. The average molecular weight is 252 g/mol. The molecule has 0 saturated heterocycles. The highest BCUT2D eigenvalue weighted by atomic mass is 16.5. The topological polar surface area (TPSA) is 87.3 Å². The SMILES string of the molecule is COC(=O)N[C@H](C)C(=O)N1CCc2[nH]ncc2C1. The Morgan fingerprint density at radius 3 is 3.11 bits per heavy atom. The summed E-state index contributed by atoms with van der Waals surface area (Å²) in [5, 5.41) is 9.33. The largest absolute Gasteiger partial charge is 0.453 e. The summed E-state index contributed by atoms with van der Waals surface area (Å²) in [6.45, 7) is 2.79. The molecule has 1 aromatic heterocycles. The van der Waals surface area contributed by atoms with Crippen LogP contribution in [0.1, 0.15) is 18.2 Å². The molecule has 7 heteroatoms. The highest BCUT2D eigenvalue weighted by molar-refractivity contribution is 5.85. The van der Waals surface area contributed by atoms with E-state index in [1.165, 1.54) is 7.11 Å². The number of alkyl carbamates (subject to hydrolysis) is 1. The van der Waals surface area contributed by atoms with Crippen molar-refractivity contribution in [3.8, 4) is 0 Å². The van der Waals surface area contributed by atoms with Crippen LogP contribution < -0.4 is 5.32 Å². The normalized spacial score (nSPS) is 15.8. The summed E-state index contributed by atoms with van der Waals surface area (Å²) in [7, 11) is 1.27. The number of fused-ring (bicyclic) bond motifs is 1. The van der Waals surface area contributed by atoms with Crippen LogP contribution >= 0.6 is 0 Å². The molecule has 0 fully saturated rings. The maximum absolute atomic E-state index is 12.1. The number of H-pyrrole nitrogens is 1. The average Bonchev–Trinajstić information content (AvgIpc) is 2.84. The van der Waals surface area contributed by atoms with Gasteiger partial charge in [-0.15, -0.1) is 0 Å².